The molecule has 1 aliphatic heterocycles. The van der Waals surface area contributed by atoms with Crippen molar-refractivity contribution in [1.82, 2.24) is 20.1 Å². The average molecular weight is 619 g/mol. The summed E-state index contributed by atoms with van der Waals surface area (Å²) in [5, 5.41) is 14.1. The van der Waals surface area contributed by atoms with Crippen molar-refractivity contribution in [3.8, 4) is 11.3 Å². The molecule has 1 unspecified atom stereocenters. The lowest BCUT2D eigenvalue weighted by Crippen LogP contribution is -2.50. The zero-order valence-corrected chi connectivity index (χ0v) is 26.4. The number of carboxylic acid groups (broad SMARTS) is 1. The van der Waals surface area contributed by atoms with E-state index in [4.69, 9.17) is 4.98 Å². The van der Waals surface area contributed by atoms with E-state index in [-0.39, 0.29) is 11.9 Å². The van der Waals surface area contributed by atoms with Gasteiger partial charge in [-0.2, -0.15) is 0 Å². The van der Waals surface area contributed by atoms with E-state index in [1.165, 1.54) is 19.3 Å². The zero-order valence-electron chi connectivity index (χ0n) is 26.4. The highest BCUT2D eigenvalue weighted by Crippen LogP contribution is 2.33. The highest BCUT2D eigenvalue weighted by atomic mass is 16.4. The van der Waals surface area contributed by atoms with Crippen molar-refractivity contribution in [3.05, 3.63) is 102 Å². The van der Waals surface area contributed by atoms with Crippen molar-refractivity contribution < 1.29 is 19.5 Å². The molecule has 2 atom stereocenters. The third-order valence-corrected chi connectivity index (χ3v) is 9.68. The molecule has 6 rings (SSSR count). The smallest absolute Gasteiger partial charge is 0.320 e. The number of carbonyl (C=O) groups excluding carboxylic acids is 2. The summed E-state index contributed by atoms with van der Waals surface area (Å²) in [6.07, 6.45) is 5.95. The lowest BCUT2D eigenvalue weighted by Gasteiger charge is -2.36. The number of nitrogens with zero attached hydrogens (tertiary/aromatic N) is 3. The van der Waals surface area contributed by atoms with E-state index < -0.39 is 17.8 Å². The Morgan fingerprint density at radius 1 is 0.848 bits per heavy atom. The minimum Gasteiger partial charge on any atom is -0.480 e. The van der Waals surface area contributed by atoms with Gasteiger partial charge in [-0.3, -0.25) is 19.3 Å². The van der Waals surface area contributed by atoms with E-state index in [0.29, 0.717) is 49.8 Å². The number of hydrogen-bond acceptors (Lipinski definition) is 5. The Balaban J connectivity index is 1.30. The van der Waals surface area contributed by atoms with Crippen molar-refractivity contribution in [2.75, 3.05) is 26.2 Å². The highest BCUT2D eigenvalue weighted by molar-refractivity contribution is 6.09. The molecule has 46 heavy (non-hydrogen) atoms. The van der Waals surface area contributed by atoms with Crippen LogP contribution in [0.25, 0.3) is 22.2 Å². The van der Waals surface area contributed by atoms with Crippen molar-refractivity contribution >= 4 is 28.7 Å². The third-order valence-electron chi connectivity index (χ3n) is 9.68. The molecule has 0 radical (unpaired) electrons. The molecule has 0 spiro atoms. The number of amides is 2. The molecular weight excluding hydrogens is 576 g/mol. The fourth-order valence-corrected chi connectivity index (χ4v) is 7.10. The monoisotopic (exact) mass is 618 g/mol. The number of nitrogens with one attached hydrogen (secondary N) is 1. The van der Waals surface area contributed by atoms with Gasteiger partial charge in [0.2, 0.25) is 5.91 Å². The van der Waals surface area contributed by atoms with Crippen LogP contribution in [0.15, 0.2) is 84.9 Å². The Morgan fingerprint density at radius 3 is 2.15 bits per heavy atom. The van der Waals surface area contributed by atoms with Crippen LogP contribution in [-0.2, 0) is 16.1 Å². The highest BCUT2D eigenvalue weighted by Gasteiger charge is 2.34. The van der Waals surface area contributed by atoms with Crippen LogP contribution in [0, 0.1) is 5.92 Å². The number of rotatable bonds is 9. The summed E-state index contributed by atoms with van der Waals surface area (Å²) in [5.74, 6) is -2.38. The number of aliphatic carboxylic acids is 1. The Kier molecular flexibility index (Phi) is 9.73. The van der Waals surface area contributed by atoms with E-state index >= 15 is 0 Å². The van der Waals surface area contributed by atoms with Gasteiger partial charge in [0.15, 0.2) is 5.92 Å². The molecule has 2 fully saturated rings. The van der Waals surface area contributed by atoms with Gasteiger partial charge < -0.3 is 15.3 Å². The summed E-state index contributed by atoms with van der Waals surface area (Å²) in [5.41, 5.74) is 4.50. The van der Waals surface area contributed by atoms with Gasteiger partial charge in [-0.15, -0.1) is 0 Å². The van der Waals surface area contributed by atoms with Crippen molar-refractivity contribution in [1.29, 1.82) is 0 Å². The Hall–Kier alpha value is -4.56. The van der Waals surface area contributed by atoms with Gasteiger partial charge in [0, 0.05) is 55.3 Å². The topological polar surface area (TPSA) is 103 Å². The molecule has 4 aromatic rings. The molecule has 1 saturated heterocycles. The predicted molar refractivity (Wildman–Crippen MR) is 179 cm³/mol. The van der Waals surface area contributed by atoms with Crippen LogP contribution in [0.3, 0.4) is 0 Å². The first-order valence-corrected chi connectivity index (χ1v) is 16.5. The number of carbonyl (C=O) groups is 3. The van der Waals surface area contributed by atoms with Crippen LogP contribution in [-0.4, -0.2) is 69.9 Å². The van der Waals surface area contributed by atoms with Crippen LogP contribution in [0.2, 0.25) is 0 Å². The normalized spacial score (nSPS) is 17.4. The first-order chi connectivity index (χ1) is 22.4. The second kappa shape index (κ2) is 14.3. The minimum absolute atomic E-state index is 0.0640. The maximum Gasteiger partial charge on any atom is 0.320 e. The number of piperazine rings is 1. The molecule has 2 aliphatic rings. The number of aromatic nitrogens is 1. The van der Waals surface area contributed by atoms with Crippen molar-refractivity contribution in [2.45, 2.75) is 57.5 Å². The van der Waals surface area contributed by atoms with Gasteiger partial charge in [0.1, 0.15) is 0 Å². The molecule has 1 aromatic heterocycles. The summed E-state index contributed by atoms with van der Waals surface area (Å²) in [4.78, 5) is 48.9. The van der Waals surface area contributed by atoms with Crippen LogP contribution in [0.4, 0.5) is 0 Å². The van der Waals surface area contributed by atoms with Gasteiger partial charge in [-0.05, 0) is 37.3 Å². The van der Waals surface area contributed by atoms with E-state index in [0.717, 1.165) is 40.6 Å². The van der Waals surface area contributed by atoms with E-state index in [9.17, 15) is 19.5 Å². The summed E-state index contributed by atoms with van der Waals surface area (Å²) in [6.45, 7) is 4.51. The van der Waals surface area contributed by atoms with Gasteiger partial charge >= 0.3 is 5.97 Å². The maximum atomic E-state index is 14.3. The number of pyridine rings is 1. The van der Waals surface area contributed by atoms with E-state index in [1.807, 2.05) is 60.7 Å². The number of carboxylic acids is 1. The largest absolute Gasteiger partial charge is 0.480 e. The lowest BCUT2D eigenvalue weighted by molar-refractivity contribution is -0.147. The van der Waals surface area contributed by atoms with Crippen LogP contribution in [0.1, 0.15) is 66.4 Å². The Morgan fingerprint density at radius 2 is 1.48 bits per heavy atom. The van der Waals surface area contributed by atoms with Crippen LogP contribution < -0.4 is 5.32 Å². The first kappa shape index (κ1) is 31.4. The average Bonchev–Trinajstić information content (AvgIpc) is 3.09. The lowest BCUT2D eigenvalue weighted by atomic mass is 9.84. The summed E-state index contributed by atoms with van der Waals surface area (Å²) in [7, 11) is 0. The Labute approximate surface area is 270 Å². The molecule has 2 N–H and O–H groups in total. The van der Waals surface area contributed by atoms with Gasteiger partial charge in [0.05, 0.1) is 16.8 Å². The molecule has 1 aliphatic carbocycles. The first-order valence-electron chi connectivity index (χ1n) is 16.5. The molecule has 0 bridgehead atoms. The van der Waals surface area contributed by atoms with Crippen LogP contribution in [0.5, 0.6) is 0 Å². The number of fused-ring (bicyclic) bond motifs is 1. The molecule has 8 heteroatoms. The molecule has 2 heterocycles. The van der Waals surface area contributed by atoms with Gasteiger partial charge in [-0.25, -0.2) is 4.98 Å². The molecule has 3 aromatic carbocycles. The minimum atomic E-state index is -1.23. The second-order valence-corrected chi connectivity index (χ2v) is 12.6. The number of para-hydroxylation sites is 1. The van der Waals surface area contributed by atoms with Gasteiger partial charge in [0.25, 0.3) is 5.91 Å². The Bertz CT molecular complexity index is 1680. The zero-order chi connectivity index (χ0) is 32.0. The quantitative estimate of drug-likeness (QED) is 0.220. The predicted octanol–water partition coefficient (Wildman–Crippen LogP) is 6.11. The van der Waals surface area contributed by atoms with Crippen molar-refractivity contribution in [2.24, 2.45) is 5.92 Å². The van der Waals surface area contributed by atoms with Crippen LogP contribution >= 0.6 is 0 Å². The second-order valence-electron chi connectivity index (χ2n) is 12.6. The maximum absolute atomic E-state index is 14.3. The fourth-order valence-electron chi connectivity index (χ4n) is 7.10. The molecule has 8 nitrogen and oxygen atoms in total. The molecule has 2 amide bonds. The van der Waals surface area contributed by atoms with E-state index in [1.54, 1.807) is 29.2 Å². The molecule has 238 valence electrons. The molecule has 1 saturated carbocycles. The standard InChI is InChI=1S/C38H42N4O4/c1-26(27-13-5-2-6-14-27)39-36(43)34-30-19-11-12-20-32(30)40-35(29-17-9-4-10-18-29)31(34)25-41-21-23-42(24-22-41)37(44)33(38(45)46)28-15-7-3-8-16-28/h3-4,7-12,15-20,26-27,33H,2,5-6,13-14,21-25H2,1H3,(H,39,43)(H,45,46)/t26-,33?/m0/s1. The van der Waals surface area contributed by atoms with Crippen molar-refractivity contribution in [3.63, 3.8) is 0 Å². The SMILES string of the molecule is C[C@H](NC(=O)c1c(CN2CCN(C(=O)C(C(=O)O)c3ccccc3)CC2)c(-c2ccccc2)nc2ccccc12)C1CCCCC1. The number of benzene rings is 3. The summed E-state index contributed by atoms with van der Waals surface area (Å²) < 4.78 is 0. The fraction of sp³-hybridized carbons (Fsp3) is 0.368. The molecular formula is C38H42N4O4. The summed E-state index contributed by atoms with van der Waals surface area (Å²) in [6, 6.07) is 26.6. The third kappa shape index (κ3) is 6.82. The van der Waals surface area contributed by atoms with Gasteiger partial charge in [-0.1, -0.05) is 98.1 Å². The summed E-state index contributed by atoms with van der Waals surface area (Å²) >= 11 is 0. The number of hydrogen-bond donors (Lipinski definition) is 2. The van der Waals surface area contributed by atoms with E-state index in [2.05, 4.69) is 17.1 Å².